The Morgan fingerprint density at radius 1 is 1.53 bits per heavy atom. The predicted octanol–water partition coefficient (Wildman–Crippen LogP) is 1.10. The van der Waals surface area contributed by atoms with Gasteiger partial charge in [-0.05, 0) is 44.2 Å². The molecule has 2 rings (SSSR count). The van der Waals surface area contributed by atoms with E-state index in [-0.39, 0.29) is 0 Å². The van der Waals surface area contributed by atoms with E-state index in [4.69, 9.17) is 5.73 Å². The lowest BCUT2D eigenvalue weighted by Gasteiger charge is -2.01. The van der Waals surface area contributed by atoms with Gasteiger partial charge < -0.3 is 5.73 Å². The van der Waals surface area contributed by atoms with E-state index in [0.29, 0.717) is 10.8 Å². The molecular formula is C7H7BrN6S. The van der Waals surface area contributed by atoms with E-state index in [9.17, 15) is 0 Å². The predicted molar refractivity (Wildman–Crippen MR) is 59.3 cm³/mol. The van der Waals surface area contributed by atoms with Crippen molar-refractivity contribution in [3.8, 4) is 0 Å². The molecule has 0 aromatic carbocycles. The third-order valence-electron chi connectivity index (χ3n) is 1.60. The highest BCUT2D eigenvalue weighted by atomic mass is 79.9. The second kappa shape index (κ2) is 4.15. The molecule has 0 unspecified atom stereocenters. The van der Waals surface area contributed by atoms with Crippen molar-refractivity contribution in [2.45, 2.75) is 10.2 Å². The van der Waals surface area contributed by atoms with Gasteiger partial charge in [0.05, 0.1) is 16.4 Å². The van der Waals surface area contributed by atoms with Crippen molar-refractivity contribution >= 4 is 33.4 Å². The molecule has 0 fully saturated rings. The summed E-state index contributed by atoms with van der Waals surface area (Å²) in [7, 11) is 1.77. The number of tetrazole rings is 1. The van der Waals surface area contributed by atoms with Gasteiger partial charge in [0.15, 0.2) is 0 Å². The summed E-state index contributed by atoms with van der Waals surface area (Å²) in [5.74, 6) is 0. The number of anilines is 1. The zero-order valence-corrected chi connectivity index (χ0v) is 10.2. The van der Waals surface area contributed by atoms with E-state index in [2.05, 4.69) is 36.4 Å². The van der Waals surface area contributed by atoms with Crippen molar-refractivity contribution in [3.63, 3.8) is 0 Å². The number of nitrogen functional groups attached to an aromatic ring is 1. The Hall–Kier alpha value is -1.15. The standard InChI is InChI=1S/C7H7BrN6S/c1-14-7(11-12-13-14)15-6-5(8)2-4(9)3-10-6/h2-3H,9H2,1H3. The van der Waals surface area contributed by atoms with Crippen molar-refractivity contribution in [3.05, 3.63) is 16.7 Å². The molecule has 0 amide bonds. The number of aromatic nitrogens is 5. The summed E-state index contributed by atoms with van der Waals surface area (Å²) >= 11 is 4.75. The third kappa shape index (κ3) is 2.26. The van der Waals surface area contributed by atoms with Crippen LogP contribution in [-0.4, -0.2) is 25.2 Å². The molecule has 0 atom stereocenters. The maximum Gasteiger partial charge on any atom is 0.215 e. The minimum Gasteiger partial charge on any atom is -0.397 e. The molecule has 2 aromatic rings. The highest BCUT2D eigenvalue weighted by Crippen LogP contribution is 2.30. The minimum absolute atomic E-state index is 0.613. The monoisotopic (exact) mass is 286 g/mol. The van der Waals surface area contributed by atoms with Gasteiger partial charge in [-0.1, -0.05) is 0 Å². The number of nitrogens with two attached hydrogens (primary N) is 1. The van der Waals surface area contributed by atoms with Crippen LogP contribution in [0.2, 0.25) is 0 Å². The fourth-order valence-corrected chi connectivity index (χ4v) is 2.20. The zero-order valence-electron chi connectivity index (χ0n) is 7.75. The molecule has 0 aliphatic carbocycles. The first kappa shape index (κ1) is 10.4. The first-order valence-corrected chi connectivity index (χ1v) is 5.59. The zero-order chi connectivity index (χ0) is 10.8. The molecule has 15 heavy (non-hydrogen) atoms. The normalized spacial score (nSPS) is 10.5. The first-order valence-electron chi connectivity index (χ1n) is 3.98. The lowest BCUT2D eigenvalue weighted by Crippen LogP contribution is -1.94. The average molecular weight is 287 g/mol. The Labute approximate surface area is 98.4 Å². The average Bonchev–Trinajstić information content (AvgIpc) is 2.57. The van der Waals surface area contributed by atoms with Gasteiger partial charge in [0.1, 0.15) is 5.03 Å². The van der Waals surface area contributed by atoms with Gasteiger partial charge in [-0.2, -0.15) is 0 Å². The SMILES string of the molecule is Cn1nnnc1Sc1ncc(N)cc1Br. The molecule has 0 saturated heterocycles. The molecule has 0 bridgehead atoms. The smallest absolute Gasteiger partial charge is 0.215 e. The summed E-state index contributed by atoms with van der Waals surface area (Å²) in [4.78, 5) is 4.18. The Bertz CT molecular complexity index is 484. The first-order chi connectivity index (χ1) is 7.16. The molecule has 0 aliphatic heterocycles. The van der Waals surface area contributed by atoms with E-state index in [0.717, 1.165) is 9.50 Å². The van der Waals surface area contributed by atoms with Gasteiger partial charge in [-0.3, -0.25) is 0 Å². The largest absolute Gasteiger partial charge is 0.397 e. The van der Waals surface area contributed by atoms with Crippen LogP contribution in [-0.2, 0) is 7.05 Å². The second-order valence-electron chi connectivity index (χ2n) is 2.74. The summed E-state index contributed by atoms with van der Waals surface area (Å²) in [6, 6.07) is 1.79. The molecular weight excluding hydrogens is 280 g/mol. The fourth-order valence-electron chi connectivity index (χ4n) is 0.909. The van der Waals surface area contributed by atoms with Crippen LogP contribution in [0.1, 0.15) is 0 Å². The topological polar surface area (TPSA) is 82.5 Å². The third-order valence-corrected chi connectivity index (χ3v) is 3.51. The van der Waals surface area contributed by atoms with Crippen LogP contribution in [0.25, 0.3) is 0 Å². The number of hydrogen-bond donors (Lipinski definition) is 1. The number of halogens is 1. The van der Waals surface area contributed by atoms with Gasteiger partial charge in [0, 0.05) is 7.05 Å². The molecule has 0 radical (unpaired) electrons. The van der Waals surface area contributed by atoms with Crippen LogP contribution < -0.4 is 5.73 Å². The van der Waals surface area contributed by atoms with Crippen molar-refractivity contribution in [2.75, 3.05) is 5.73 Å². The molecule has 78 valence electrons. The Morgan fingerprint density at radius 3 is 2.93 bits per heavy atom. The number of rotatable bonds is 2. The van der Waals surface area contributed by atoms with Crippen LogP contribution in [0.15, 0.2) is 26.9 Å². The molecule has 6 nitrogen and oxygen atoms in total. The van der Waals surface area contributed by atoms with Gasteiger partial charge in [0.2, 0.25) is 5.16 Å². The summed E-state index contributed by atoms with van der Waals surface area (Å²) in [6.07, 6.45) is 1.59. The maximum absolute atomic E-state index is 5.58. The van der Waals surface area contributed by atoms with Crippen molar-refractivity contribution < 1.29 is 0 Å². The van der Waals surface area contributed by atoms with Crippen LogP contribution >= 0.6 is 27.7 Å². The quantitative estimate of drug-likeness (QED) is 0.890. The van der Waals surface area contributed by atoms with E-state index in [1.165, 1.54) is 11.8 Å². The van der Waals surface area contributed by atoms with E-state index in [1.54, 1.807) is 24.0 Å². The second-order valence-corrected chi connectivity index (χ2v) is 4.55. The van der Waals surface area contributed by atoms with Crippen molar-refractivity contribution in [2.24, 2.45) is 7.05 Å². The molecule has 2 aromatic heterocycles. The Balaban J connectivity index is 2.29. The van der Waals surface area contributed by atoms with Crippen LogP contribution in [0.4, 0.5) is 5.69 Å². The summed E-state index contributed by atoms with van der Waals surface area (Å²) in [5, 5.41) is 12.6. The molecule has 0 aliphatic rings. The number of nitrogens with zero attached hydrogens (tertiary/aromatic N) is 5. The number of hydrogen-bond acceptors (Lipinski definition) is 6. The lowest BCUT2D eigenvalue weighted by molar-refractivity contribution is 0.664. The molecule has 8 heteroatoms. The summed E-state index contributed by atoms with van der Waals surface area (Å²) < 4.78 is 2.41. The van der Waals surface area contributed by atoms with Gasteiger partial charge in [-0.25, -0.2) is 9.67 Å². The molecule has 2 heterocycles. The highest BCUT2D eigenvalue weighted by molar-refractivity contribution is 9.10. The van der Waals surface area contributed by atoms with Gasteiger partial charge >= 0.3 is 0 Å². The van der Waals surface area contributed by atoms with Crippen molar-refractivity contribution in [1.29, 1.82) is 0 Å². The number of aryl methyl sites for hydroxylation is 1. The fraction of sp³-hybridized carbons (Fsp3) is 0.143. The Kier molecular flexibility index (Phi) is 2.87. The van der Waals surface area contributed by atoms with Crippen LogP contribution in [0.3, 0.4) is 0 Å². The molecule has 0 saturated carbocycles. The van der Waals surface area contributed by atoms with Crippen LogP contribution in [0.5, 0.6) is 0 Å². The molecule has 0 spiro atoms. The molecule has 2 N–H and O–H groups in total. The highest BCUT2D eigenvalue weighted by Gasteiger charge is 2.09. The summed E-state index contributed by atoms with van der Waals surface area (Å²) in [6.45, 7) is 0. The minimum atomic E-state index is 0.613. The summed E-state index contributed by atoms with van der Waals surface area (Å²) in [5.41, 5.74) is 6.20. The Morgan fingerprint density at radius 2 is 2.33 bits per heavy atom. The lowest BCUT2D eigenvalue weighted by atomic mass is 10.4. The van der Waals surface area contributed by atoms with E-state index >= 15 is 0 Å². The van der Waals surface area contributed by atoms with Gasteiger partial charge in [-0.15, -0.1) is 5.10 Å². The number of pyridine rings is 1. The maximum atomic E-state index is 5.58. The van der Waals surface area contributed by atoms with E-state index < -0.39 is 0 Å². The van der Waals surface area contributed by atoms with E-state index in [1.807, 2.05) is 0 Å². The van der Waals surface area contributed by atoms with Crippen LogP contribution in [0, 0.1) is 0 Å². The van der Waals surface area contributed by atoms with Gasteiger partial charge in [0.25, 0.3) is 0 Å². The van der Waals surface area contributed by atoms with Crippen molar-refractivity contribution in [1.82, 2.24) is 25.2 Å².